The van der Waals surface area contributed by atoms with Crippen LogP contribution in [0.1, 0.15) is 28.4 Å². The number of hydrogen-bond donors (Lipinski definition) is 2. The van der Waals surface area contributed by atoms with E-state index >= 15 is 0 Å². The molecule has 0 bridgehead atoms. The van der Waals surface area contributed by atoms with Crippen LogP contribution in [0.4, 0.5) is 10.8 Å². The fourth-order valence-electron chi connectivity index (χ4n) is 3.18. The lowest BCUT2D eigenvalue weighted by Gasteiger charge is -2.11. The van der Waals surface area contributed by atoms with E-state index in [1.165, 1.54) is 28.7 Å². The summed E-state index contributed by atoms with van der Waals surface area (Å²) in [6.07, 6.45) is 0. The largest absolute Gasteiger partial charge is 0.322 e. The van der Waals surface area contributed by atoms with Crippen molar-refractivity contribution in [2.75, 3.05) is 10.6 Å². The molecule has 2 amide bonds. The second kappa shape index (κ2) is 10.7. The Morgan fingerprint density at radius 2 is 1.47 bits per heavy atom. The number of rotatable bonds is 7. The fourth-order valence-corrected chi connectivity index (χ4v) is 4.77. The van der Waals surface area contributed by atoms with E-state index in [-0.39, 0.29) is 17.1 Å². The number of anilines is 2. The number of aromatic nitrogens is 1. The summed E-state index contributed by atoms with van der Waals surface area (Å²) in [5.74, 6) is -0.256. The van der Waals surface area contributed by atoms with Gasteiger partial charge in [-0.1, -0.05) is 47.5 Å². The van der Waals surface area contributed by atoms with Gasteiger partial charge in [0.2, 0.25) is 5.91 Å². The molecule has 0 aliphatic carbocycles. The first-order chi connectivity index (χ1) is 16.4. The quantitative estimate of drug-likeness (QED) is 0.281. The van der Waals surface area contributed by atoms with Crippen molar-refractivity contribution in [3.8, 4) is 11.3 Å². The first kappa shape index (κ1) is 23.7. The van der Waals surface area contributed by atoms with Gasteiger partial charge in [-0.15, -0.1) is 23.1 Å². The average molecular weight is 488 g/mol. The first-order valence-corrected chi connectivity index (χ1v) is 12.6. The number of thiazole rings is 1. The van der Waals surface area contributed by atoms with E-state index in [1.807, 2.05) is 86.8 Å². The van der Waals surface area contributed by atoms with Crippen LogP contribution >= 0.6 is 23.1 Å². The number of carbonyl (C=O) groups excluding carboxylic acids is 2. The van der Waals surface area contributed by atoms with Crippen LogP contribution < -0.4 is 10.6 Å². The van der Waals surface area contributed by atoms with Gasteiger partial charge in [-0.2, -0.15) is 0 Å². The summed E-state index contributed by atoms with van der Waals surface area (Å²) in [5.41, 5.74) is 5.50. The summed E-state index contributed by atoms with van der Waals surface area (Å²) in [6.45, 7) is 5.89. The Labute approximate surface area is 207 Å². The highest BCUT2D eigenvalue weighted by atomic mass is 32.2. The van der Waals surface area contributed by atoms with Crippen LogP contribution in [0.3, 0.4) is 0 Å². The minimum Gasteiger partial charge on any atom is -0.322 e. The standard InChI is InChI=1S/C27H25N3O2S2/c1-17-4-8-20(9-5-17)24-16-33-27(29-24)30-25(31)19(3)34-23-14-12-22(13-15-23)28-26(32)21-10-6-18(2)7-11-21/h4-16,19H,1-3H3,(H,28,32)(H,29,30,31). The van der Waals surface area contributed by atoms with Gasteiger partial charge in [-0.05, 0) is 57.2 Å². The Morgan fingerprint density at radius 3 is 2.12 bits per heavy atom. The minimum absolute atomic E-state index is 0.105. The van der Waals surface area contributed by atoms with E-state index in [1.54, 1.807) is 12.1 Å². The maximum absolute atomic E-state index is 12.7. The second-order valence-corrected chi connectivity index (χ2v) is 10.3. The molecule has 172 valence electrons. The molecule has 0 aliphatic rings. The van der Waals surface area contributed by atoms with Crippen LogP contribution in [0, 0.1) is 13.8 Å². The van der Waals surface area contributed by atoms with E-state index in [4.69, 9.17) is 0 Å². The van der Waals surface area contributed by atoms with Gasteiger partial charge in [0.1, 0.15) is 0 Å². The monoisotopic (exact) mass is 487 g/mol. The zero-order chi connectivity index (χ0) is 24.1. The Morgan fingerprint density at radius 1 is 0.853 bits per heavy atom. The average Bonchev–Trinajstić information content (AvgIpc) is 3.29. The van der Waals surface area contributed by atoms with Gasteiger partial charge in [0.25, 0.3) is 5.91 Å². The van der Waals surface area contributed by atoms with Crippen LogP contribution in [0.15, 0.2) is 83.1 Å². The number of amides is 2. The molecule has 1 unspecified atom stereocenters. The lowest BCUT2D eigenvalue weighted by Crippen LogP contribution is -2.22. The molecular weight excluding hydrogens is 462 g/mol. The highest BCUT2D eigenvalue weighted by Gasteiger charge is 2.17. The number of nitrogens with one attached hydrogen (secondary N) is 2. The number of aryl methyl sites for hydroxylation is 2. The molecule has 3 aromatic carbocycles. The predicted molar refractivity (Wildman–Crippen MR) is 142 cm³/mol. The maximum atomic E-state index is 12.7. The van der Waals surface area contributed by atoms with Crippen LogP contribution in [-0.2, 0) is 4.79 Å². The van der Waals surface area contributed by atoms with E-state index in [9.17, 15) is 9.59 Å². The number of thioether (sulfide) groups is 1. The number of benzene rings is 3. The highest BCUT2D eigenvalue weighted by molar-refractivity contribution is 8.00. The lowest BCUT2D eigenvalue weighted by molar-refractivity contribution is -0.115. The molecule has 1 heterocycles. The Balaban J connectivity index is 1.31. The molecule has 1 atom stereocenters. The van der Waals surface area contributed by atoms with Gasteiger partial charge in [-0.25, -0.2) is 4.98 Å². The molecule has 0 spiro atoms. The molecule has 0 saturated heterocycles. The van der Waals surface area contributed by atoms with Crippen molar-refractivity contribution in [1.29, 1.82) is 0 Å². The number of nitrogens with zero attached hydrogens (tertiary/aromatic N) is 1. The van der Waals surface area contributed by atoms with Gasteiger partial charge in [0.15, 0.2) is 5.13 Å². The fraction of sp³-hybridized carbons (Fsp3) is 0.148. The van der Waals surface area contributed by atoms with Crippen molar-refractivity contribution >= 4 is 45.7 Å². The molecule has 34 heavy (non-hydrogen) atoms. The van der Waals surface area contributed by atoms with Gasteiger partial charge in [0.05, 0.1) is 10.9 Å². The molecule has 5 nitrogen and oxygen atoms in total. The van der Waals surface area contributed by atoms with Crippen molar-refractivity contribution in [2.24, 2.45) is 0 Å². The molecule has 4 rings (SSSR count). The zero-order valence-electron chi connectivity index (χ0n) is 19.2. The number of carbonyl (C=O) groups is 2. The highest BCUT2D eigenvalue weighted by Crippen LogP contribution is 2.28. The van der Waals surface area contributed by atoms with Crippen LogP contribution in [-0.4, -0.2) is 22.0 Å². The van der Waals surface area contributed by atoms with Crippen LogP contribution in [0.2, 0.25) is 0 Å². The predicted octanol–water partition coefficient (Wildman–Crippen LogP) is 6.80. The molecule has 2 N–H and O–H groups in total. The molecule has 0 radical (unpaired) electrons. The summed E-state index contributed by atoms with van der Waals surface area (Å²) in [6, 6.07) is 23.1. The summed E-state index contributed by atoms with van der Waals surface area (Å²) in [5, 5.41) is 8.04. The number of hydrogen-bond acceptors (Lipinski definition) is 5. The third-order valence-corrected chi connectivity index (χ3v) is 7.06. The summed E-state index contributed by atoms with van der Waals surface area (Å²) < 4.78 is 0. The first-order valence-electron chi connectivity index (χ1n) is 10.9. The van der Waals surface area contributed by atoms with Crippen molar-refractivity contribution in [3.63, 3.8) is 0 Å². The maximum Gasteiger partial charge on any atom is 0.255 e. The van der Waals surface area contributed by atoms with Gasteiger partial charge in [0, 0.05) is 27.1 Å². The summed E-state index contributed by atoms with van der Waals surface area (Å²) in [4.78, 5) is 30.5. The second-order valence-electron chi connectivity index (χ2n) is 8.00. The Kier molecular flexibility index (Phi) is 7.45. The van der Waals surface area contributed by atoms with E-state index in [0.717, 1.165) is 21.7 Å². The molecule has 0 saturated carbocycles. The van der Waals surface area contributed by atoms with Gasteiger partial charge < -0.3 is 10.6 Å². The van der Waals surface area contributed by atoms with E-state index < -0.39 is 0 Å². The van der Waals surface area contributed by atoms with Crippen molar-refractivity contribution in [2.45, 2.75) is 30.9 Å². The van der Waals surface area contributed by atoms with E-state index in [2.05, 4.69) is 15.6 Å². The van der Waals surface area contributed by atoms with Crippen molar-refractivity contribution < 1.29 is 9.59 Å². The molecule has 0 aliphatic heterocycles. The zero-order valence-corrected chi connectivity index (χ0v) is 20.8. The Hall–Kier alpha value is -3.42. The molecule has 1 aromatic heterocycles. The van der Waals surface area contributed by atoms with Crippen molar-refractivity contribution in [1.82, 2.24) is 4.98 Å². The molecule has 0 fully saturated rings. The lowest BCUT2D eigenvalue weighted by atomic mass is 10.1. The molecule has 4 aromatic rings. The smallest absolute Gasteiger partial charge is 0.255 e. The summed E-state index contributed by atoms with van der Waals surface area (Å²) >= 11 is 2.87. The van der Waals surface area contributed by atoms with Gasteiger partial charge in [-0.3, -0.25) is 9.59 Å². The SMILES string of the molecule is Cc1ccc(C(=O)Nc2ccc(SC(C)C(=O)Nc3nc(-c4ccc(C)cc4)cs3)cc2)cc1. The normalized spacial score (nSPS) is 11.6. The third-order valence-electron chi connectivity index (χ3n) is 5.19. The summed E-state index contributed by atoms with van der Waals surface area (Å²) in [7, 11) is 0. The van der Waals surface area contributed by atoms with Crippen molar-refractivity contribution in [3.05, 3.63) is 94.9 Å². The minimum atomic E-state index is -0.306. The topological polar surface area (TPSA) is 71.1 Å². The Bertz CT molecular complexity index is 1280. The molecule has 7 heteroatoms. The van der Waals surface area contributed by atoms with Crippen LogP contribution in [0.5, 0.6) is 0 Å². The third kappa shape index (κ3) is 6.12. The molecular formula is C27H25N3O2S2. The van der Waals surface area contributed by atoms with Gasteiger partial charge >= 0.3 is 0 Å². The van der Waals surface area contributed by atoms with E-state index in [0.29, 0.717) is 16.4 Å². The van der Waals surface area contributed by atoms with Crippen LogP contribution in [0.25, 0.3) is 11.3 Å².